The summed E-state index contributed by atoms with van der Waals surface area (Å²) >= 11 is 1.30. The molecule has 1 amide bonds. The normalized spacial score (nSPS) is 15.5. The van der Waals surface area contributed by atoms with Crippen molar-refractivity contribution in [2.45, 2.75) is 18.8 Å². The number of hydrogen-bond acceptors (Lipinski definition) is 7. The van der Waals surface area contributed by atoms with Crippen LogP contribution in [0.25, 0.3) is 17.5 Å². The second-order valence-corrected chi connectivity index (χ2v) is 7.98. The fraction of sp³-hybridized carbons (Fsp3) is 0.273. The molecule has 1 unspecified atom stereocenters. The molecule has 154 valence electrons. The number of anilines is 1. The minimum atomic E-state index is -0.328. The molecule has 1 aliphatic heterocycles. The Kier molecular flexibility index (Phi) is 6.15. The van der Waals surface area contributed by atoms with Crippen LogP contribution in [0.5, 0.6) is 0 Å². The molecule has 3 aromatic heterocycles. The lowest BCUT2D eigenvalue weighted by Crippen LogP contribution is -2.22. The first kappa shape index (κ1) is 20.2. The molecular formula is C22H21N3O4S. The van der Waals surface area contributed by atoms with Gasteiger partial charge >= 0.3 is 0 Å². The van der Waals surface area contributed by atoms with Gasteiger partial charge in [0.15, 0.2) is 10.9 Å². The molecule has 1 saturated heterocycles. The van der Waals surface area contributed by atoms with Gasteiger partial charge in [-0.15, -0.1) is 11.3 Å². The van der Waals surface area contributed by atoms with Crippen LogP contribution in [-0.2, 0) is 9.53 Å². The quantitative estimate of drug-likeness (QED) is 0.566. The number of aldehydes is 1. The number of furan rings is 1. The van der Waals surface area contributed by atoms with Gasteiger partial charge in [-0.25, -0.2) is 4.98 Å². The molecule has 1 fully saturated rings. The van der Waals surface area contributed by atoms with Gasteiger partial charge in [-0.3, -0.25) is 15.1 Å². The van der Waals surface area contributed by atoms with Gasteiger partial charge in [-0.05, 0) is 49.1 Å². The number of amides is 1. The number of ether oxygens (including phenoxy) is 1. The summed E-state index contributed by atoms with van der Waals surface area (Å²) in [5, 5.41) is 3.23. The number of carbonyl (C=O) groups is 2. The Hall–Kier alpha value is -3.10. The van der Waals surface area contributed by atoms with Gasteiger partial charge in [0.2, 0.25) is 0 Å². The Bertz CT molecular complexity index is 1020. The summed E-state index contributed by atoms with van der Waals surface area (Å²) in [6.07, 6.45) is 7.25. The third kappa shape index (κ3) is 4.24. The van der Waals surface area contributed by atoms with Crippen LogP contribution in [0.3, 0.4) is 0 Å². The number of aromatic nitrogens is 2. The van der Waals surface area contributed by atoms with Crippen molar-refractivity contribution in [3.63, 3.8) is 0 Å². The van der Waals surface area contributed by atoms with Crippen molar-refractivity contribution >= 4 is 34.7 Å². The monoisotopic (exact) mass is 423 g/mol. The fourth-order valence-electron chi connectivity index (χ4n) is 3.49. The SMILES string of the molecule is C=Cc1ccc(C(=O)Nc2nc(-c3ccco3)c(C(C=O)C3CCOCC3)s2)cn1. The number of pyridine rings is 1. The van der Waals surface area contributed by atoms with Crippen molar-refractivity contribution in [3.05, 3.63) is 59.4 Å². The van der Waals surface area contributed by atoms with E-state index in [9.17, 15) is 9.59 Å². The zero-order valence-corrected chi connectivity index (χ0v) is 17.1. The van der Waals surface area contributed by atoms with Gasteiger partial charge in [0.25, 0.3) is 5.91 Å². The number of nitrogens with one attached hydrogen (secondary N) is 1. The highest BCUT2D eigenvalue weighted by Crippen LogP contribution is 2.41. The second kappa shape index (κ2) is 9.15. The summed E-state index contributed by atoms with van der Waals surface area (Å²) in [6, 6.07) is 6.97. The van der Waals surface area contributed by atoms with Gasteiger partial charge in [-0.1, -0.05) is 6.58 Å². The van der Waals surface area contributed by atoms with Crippen molar-refractivity contribution in [2.24, 2.45) is 5.92 Å². The first-order chi connectivity index (χ1) is 14.7. The Labute approximate surface area is 177 Å². The molecule has 1 atom stereocenters. The third-order valence-corrected chi connectivity index (χ3v) is 6.18. The largest absolute Gasteiger partial charge is 0.463 e. The summed E-state index contributed by atoms with van der Waals surface area (Å²) in [5.74, 6) is 0.0890. The van der Waals surface area contributed by atoms with Crippen molar-refractivity contribution in [1.29, 1.82) is 0 Å². The average Bonchev–Trinajstić information content (AvgIpc) is 3.45. The second-order valence-electron chi connectivity index (χ2n) is 6.95. The van der Waals surface area contributed by atoms with Gasteiger partial charge in [0, 0.05) is 24.3 Å². The molecule has 0 bridgehead atoms. The predicted octanol–water partition coefficient (Wildman–Crippen LogP) is 4.40. The standard InChI is InChI=1S/C22H21N3O4S/c1-2-16-6-5-15(12-23-16)21(27)25-22-24-19(18-4-3-9-29-18)20(30-22)17(13-26)14-7-10-28-11-8-14/h2-6,9,12-14,17H,1,7-8,10-11H2,(H,24,25,27). The number of rotatable bonds is 7. The third-order valence-electron chi connectivity index (χ3n) is 5.11. The van der Waals surface area contributed by atoms with Crippen LogP contribution in [0.4, 0.5) is 5.13 Å². The van der Waals surface area contributed by atoms with Crippen LogP contribution >= 0.6 is 11.3 Å². The first-order valence-corrected chi connectivity index (χ1v) is 10.5. The Morgan fingerprint density at radius 2 is 2.13 bits per heavy atom. The van der Waals surface area contributed by atoms with E-state index in [1.54, 1.807) is 36.6 Å². The van der Waals surface area contributed by atoms with Crippen molar-refractivity contribution < 1.29 is 18.7 Å². The maximum absolute atomic E-state index is 12.6. The summed E-state index contributed by atoms with van der Waals surface area (Å²) in [6.45, 7) is 4.94. The molecule has 0 aliphatic carbocycles. The van der Waals surface area contributed by atoms with E-state index in [1.807, 2.05) is 0 Å². The molecule has 30 heavy (non-hydrogen) atoms. The van der Waals surface area contributed by atoms with Gasteiger partial charge in [-0.2, -0.15) is 0 Å². The van der Waals surface area contributed by atoms with E-state index in [-0.39, 0.29) is 17.7 Å². The molecule has 0 radical (unpaired) electrons. The molecular weight excluding hydrogens is 402 g/mol. The molecule has 4 rings (SSSR count). The molecule has 0 spiro atoms. The van der Waals surface area contributed by atoms with E-state index in [1.165, 1.54) is 17.5 Å². The van der Waals surface area contributed by atoms with E-state index in [0.717, 1.165) is 24.0 Å². The van der Waals surface area contributed by atoms with Crippen molar-refractivity contribution in [1.82, 2.24) is 9.97 Å². The summed E-state index contributed by atoms with van der Waals surface area (Å²) in [7, 11) is 0. The highest BCUT2D eigenvalue weighted by atomic mass is 32.1. The smallest absolute Gasteiger partial charge is 0.259 e. The van der Waals surface area contributed by atoms with Gasteiger partial charge < -0.3 is 13.9 Å². The maximum atomic E-state index is 12.6. The number of hydrogen-bond donors (Lipinski definition) is 1. The lowest BCUT2D eigenvalue weighted by Gasteiger charge is -2.26. The Morgan fingerprint density at radius 3 is 2.77 bits per heavy atom. The van der Waals surface area contributed by atoms with Gasteiger partial charge in [0.05, 0.1) is 23.4 Å². The average molecular weight is 423 g/mol. The molecule has 3 aromatic rings. The fourth-order valence-corrected chi connectivity index (χ4v) is 4.61. The Morgan fingerprint density at radius 1 is 1.30 bits per heavy atom. The van der Waals surface area contributed by atoms with Crippen LogP contribution in [0.1, 0.15) is 39.7 Å². The minimum Gasteiger partial charge on any atom is -0.463 e. The number of nitrogens with zero attached hydrogens (tertiary/aromatic N) is 2. The summed E-state index contributed by atoms with van der Waals surface area (Å²) < 4.78 is 11.0. The van der Waals surface area contributed by atoms with Crippen LogP contribution < -0.4 is 5.32 Å². The maximum Gasteiger partial charge on any atom is 0.259 e. The van der Waals surface area contributed by atoms with Crippen LogP contribution in [-0.4, -0.2) is 35.4 Å². The first-order valence-electron chi connectivity index (χ1n) is 9.67. The van der Waals surface area contributed by atoms with Crippen molar-refractivity contribution in [2.75, 3.05) is 18.5 Å². The van der Waals surface area contributed by atoms with E-state index >= 15 is 0 Å². The lowest BCUT2D eigenvalue weighted by molar-refractivity contribution is -0.110. The zero-order valence-electron chi connectivity index (χ0n) is 16.2. The predicted molar refractivity (Wildman–Crippen MR) is 114 cm³/mol. The van der Waals surface area contributed by atoms with Crippen molar-refractivity contribution in [3.8, 4) is 11.5 Å². The Balaban J connectivity index is 1.64. The molecule has 0 saturated carbocycles. The molecule has 8 heteroatoms. The van der Waals surface area contributed by atoms with E-state index < -0.39 is 0 Å². The van der Waals surface area contributed by atoms with E-state index in [2.05, 4.69) is 21.9 Å². The highest BCUT2D eigenvalue weighted by molar-refractivity contribution is 7.16. The molecule has 1 aliphatic rings. The van der Waals surface area contributed by atoms with E-state index in [0.29, 0.717) is 41.1 Å². The zero-order chi connectivity index (χ0) is 20.9. The molecule has 7 nitrogen and oxygen atoms in total. The van der Waals surface area contributed by atoms with Crippen LogP contribution in [0, 0.1) is 5.92 Å². The number of carbonyl (C=O) groups excluding carboxylic acids is 2. The van der Waals surface area contributed by atoms with Crippen LogP contribution in [0.15, 0.2) is 47.7 Å². The summed E-state index contributed by atoms with van der Waals surface area (Å²) in [5.41, 5.74) is 1.69. The van der Waals surface area contributed by atoms with Gasteiger partial charge in [0.1, 0.15) is 12.0 Å². The molecule has 1 N–H and O–H groups in total. The summed E-state index contributed by atoms with van der Waals surface area (Å²) in [4.78, 5) is 34.2. The van der Waals surface area contributed by atoms with Crippen LogP contribution in [0.2, 0.25) is 0 Å². The molecule has 0 aromatic carbocycles. The number of thiazole rings is 1. The minimum absolute atomic E-state index is 0.171. The molecule has 4 heterocycles. The lowest BCUT2D eigenvalue weighted by atomic mass is 9.85. The topological polar surface area (TPSA) is 94.3 Å². The highest BCUT2D eigenvalue weighted by Gasteiger charge is 2.31. The van der Waals surface area contributed by atoms with E-state index in [4.69, 9.17) is 9.15 Å².